The molecule has 0 spiro atoms. The second kappa shape index (κ2) is 5.64. The first kappa shape index (κ1) is 15.2. The first-order valence-electron chi connectivity index (χ1n) is 6.87. The Hall–Kier alpha value is -1.23. The van der Waals surface area contributed by atoms with E-state index in [1.54, 1.807) is 12.1 Å². The van der Waals surface area contributed by atoms with Gasteiger partial charge in [0, 0.05) is 12.6 Å². The van der Waals surface area contributed by atoms with Gasteiger partial charge < -0.3 is 10.1 Å². The zero-order chi connectivity index (χ0) is 14.8. The molecule has 0 aromatic heterocycles. The van der Waals surface area contributed by atoms with Crippen molar-refractivity contribution in [2.75, 3.05) is 6.54 Å². The number of hydrogen-bond donors (Lipinski definition) is 1. The predicted molar refractivity (Wildman–Crippen MR) is 71.5 cm³/mol. The van der Waals surface area contributed by atoms with Crippen LogP contribution in [0.5, 0.6) is 5.75 Å². The molecule has 0 amide bonds. The van der Waals surface area contributed by atoms with Crippen LogP contribution in [0.25, 0.3) is 0 Å². The van der Waals surface area contributed by atoms with Crippen LogP contribution in [0.3, 0.4) is 0 Å². The molecule has 1 saturated carbocycles. The third-order valence-electron chi connectivity index (χ3n) is 4.01. The molecule has 1 aliphatic carbocycles. The Morgan fingerprint density at radius 3 is 2.30 bits per heavy atom. The number of benzene rings is 1. The van der Waals surface area contributed by atoms with Crippen molar-refractivity contribution in [1.82, 2.24) is 5.32 Å². The highest BCUT2D eigenvalue weighted by Gasteiger charge is 2.32. The molecular formula is C15H20F3NO. The van der Waals surface area contributed by atoms with Crippen molar-refractivity contribution in [2.45, 2.75) is 45.5 Å². The highest BCUT2D eigenvalue weighted by Crippen LogP contribution is 2.39. The summed E-state index contributed by atoms with van der Waals surface area (Å²) in [5.74, 6) is -0.181. The molecule has 0 saturated heterocycles. The summed E-state index contributed by atoms with van der Waals surface area (Å²) < 4.78 is 40.0. The molecule has 0 aliphatic heterocycles. The van der Waals surface area contributed by atoms with Gasteiger partial charge in [-0.15, -0.1) is 13.2 Å². The van der Waals surface area contributed by atoms with Gasteiger partial charge in [-0.1, -0.05) is 25.5 Å². The molecule has 2 rings (SSSR count). The first-order valence-corrected chi connectivity index (χ1v) is 6.87. The van der Waals surface area contributed by atoms with E-state index in [0.29, 0.717) is 5.41 Å². The minimum atomic E-state index is -4.63. The number of halogens is 3. The topological polar surface area (TPSA) is 21.3 Å². The largest absolute Gasteiger partial charge is 0.573 e. The molecule has 112 valence electrons. The minimum absolute atomic E-state index is 0.118. The molecule has 1 fully saturated rings. The van der Waals surface area contributed by atoms with Gasteiger partial charge in [-0.05, 0) is 42.9 Å². The lowest BCUT2D eigenvalue weighted by molar-refractivity contribution is -0.274. The van der Waals surface area contributed by atoms with E-state index in [4.69, 9.17) is 0 Å². The summed E-state index contributed by atoms with van der Waals surface area (Å²) in [5, 5.41) is 3.45. The summed E-state index contributed by atoms with van der Waals surface area (Å²) in [4.78, 5) is 0. The number of alkyl halides is 3. The summed E-state index contributed by atoms with van der Waals surface area (Å²) in [6.07, 6.45) is -0.865. The average Bonchev–Trinajstić information content (AvgIpc) is 2.32. The van der Waals surface area contributed by atoms with Gasteiger partial charge in [-0.3, -0.25) is 0 Å². The fourth-order valence-corrected chi connectivity index (χ4v) is 2.43. The van der Waals surface area contributed by atoms with Crippen molar-refractivity contribution < 1.29 is 17.9 Å². The van der Waals surface area contributed by atoms with Crippen LogP contribution in [0.1, 0.15) is 44.7 Å². The van der Waals surface area contributed by atoms with Crippen LogP contribution in [0.2, 0.25) is 0 Å². The van der Waals surface area contributed by atoms with Crippen LogP contribution in [0.15, 0.2) is 24.3 Å². The number of hydrogen-bond acceptors (Lipinski definition) is 2. The van der Waals surface area contributed by atoms with Crippen molar-refractivity contribution in [1.29, 1.82) is 0 Å². The Labute approximate surface area is 117 Å². The van der Waals surface area contributed by atoms with Crippen molar-refractivity contribution in [3.05, 3.63) is 29.8 Å². The molecule has 1 N–H and O–H groups in total. The summed E-state index contributed by atoms with van der Waals surface area (Å²) in [7, 11) is 0. The summed E-state index contributed by atoms with van der Waals surface area (Å²) in [5.41, 5.74) is 1.34. The standard InChI is InChI=1S/C15H20F3NO/c1-11(19-10-14(2)8-3-9-14)12-4-6-13(7-5-12)20-15(16,17)18/h4-7,11,19H,3,8-10H2,1-2H3. The Morgan fingerprint density at radius 1 is 1.25 bits per heavy atom. The molecular weight excluding hydrogens is 267 g/mol. The summed E-state index contributed by atoms with van der Waals surface area (Å²) >= 11 is 0. The van der Waals surface area contributed by atoms with E-state index in [9.17, 15) is 13.2 Å². The predicted octanol–water partition coefficient (Wildman–Crippen LogP) is 4.43. The van der Waals surface area contributed by atoms with E-state index in [1.165, 1.54) is 31.4 Å². The molecule has 20 heavy (non-hydrogen) atoms. The summed E-state index contributed by atoms with van der Waals surface area (Å²) in [6, 6.07) is 6.16. The zero-order valence-corrected chi connectivity index (χ0v) is 11.8. The Bertz CT molecular complexity index is 437. The van der Waals surface area contributed by atoms with Crippen LogP contribution in [0, 0.1) is 5.41 Å². The number of rotatable bonds is 5. The van der Waals surface area contributed by atoms with Gasteiger partial charge in [0.05, 0.1) is 0 Å². The lowest BCUT2D eigenvalue weighted by Gasteiger charge is -2.39. The zero-order valence-electron chi connectivity index (χ0n) is 11.8. The molecule has 1 aromatic rings. The third kappa shape index (κ3) is 4.13. The van der Waals surface area contributed by atoms with Gasteiger partial charge in [0.2, 0.25) is 0 Å². The molecule has 0 bridgehead atoms. The van der Waals surface area contributed by atoms with E-state index < -0.39 is 6.36 Å². The Morgan fingerprint density at radius 2 is 1.85 bits per heavy atom. The van der Waals surface area contributed by atoms with Gasteiger partial charge in [0.25, 0.3) is 0 Å². The van der Waals surface area contributed by atoms with E-state index in [1.807, 2.05) is 6.92 Å². The highest BCUT2D eigenvalue weighted by atomic mass is 19.4. The first-order chi connectivity index (χ1) is 9.27. The van der Waals surface area contributed by atoms with Crippen LogP contribution >= 0.6 is 0 Å². The van der Waals surface area contributed by atoms with Gasteiger partial charge >= 0.3 is 6.36 Å². The van der Waals surface area contributed by atoms with Gasteiger partial charge in [-0.25, -0.2) is 0 Å². The quantitative estimate of drug-likeness (QED) is 0.865. The second-order valence-corrected chi connectivity index (χ2v) is 5.88. The van der Waals surface area contributed by atoms with Gasteiger partial charge in [0.15, 0.2) is 0 Å². The SMILES string of the molecule is CC(NCC1(C)CCC1)c1ccc(OC(F)(F)F)cc1. The van der Waals surface area contributed by atoms with Crippen LogP contribution < -0.4 is 10.1 Å². The summed E-state index contributed by atoms with van der Waals surface area (Å²) in [6.45, 7) is 5.22. The maximum Gasteiger partial charge on any atom is 0.573 e. The van der Waals surface area contributed by atoms with Crippen molar-refractivity contribution in [2.24, 2.45) is 5.41 Å². The average molecular weight is 287 g/mol. The van der Waals surface area contributed by atoms with Gasteiger partial charge in [0.1, 0.15) is 5.75 Å². The molecule has 5 heteroatoms. The third-order valence-corrected chi connectivity index (χ3v) is 4.01. The fraction of sp³-hybridized carbons (Fsp3) is 0.600. The molecule has 1 aliphatic rings. The molecule has 0 radical (unpaired) electrons. The van der Waals surface area contributed by atoms with E-state index >= 15 is 0 Å². The lowest BCUT2D eigenvalue weighted by atomic mass is 9.70. The monoisotopic (exact) mass is 287 g/mol. The molecule has 1 unspecified atom stereocenters. The molecule has 1 atom stereocenters. The normalized spacial score (nSPS) is 19.2. The number of ether oxygens (including phenoxy) is 1. The number of nitrogens with one attached hydrogen (secondary N) is 1. The van der Waals surface area contributed by atoms with Gasteiger partial charge in [-0.2, -0.15) is 0 Å². The maximum atomic E-state index is 12.1. The second-order valence-electron chi connectivity index (χ2n) is 5.88. The molecule has 1 aromatic carbocycles. The smallest absolute Gasteiger partial charge is 0.406 e. The fourth-order valence-electron chi connectivity index (χ4n) is 2.43. The maximum absolute atomic E-state index is 12.1. The highest BCUT2D eigenvalue weighted by molar-refractivity contribution is 5.29. The molecule has 2 nitrogen and oxygen atoms in total. The van der Waals surface area contributed by atoms with Crippen LogP contribution in [0.4, 0.5) is 13.2 Å². The Balaban J connectivity index is 1.88. The molecule has 0 heterocycles. The Kier molecular flexibility index (Phi) is 4.28. The van der Waals surface area contributed by atoms with Crippen molar-refractivity contribution in [3.63, 3.8) is 0 Å². The van der Waals surface area contributed by atoms with Crippen molar-refractivity contribution >= 4 is 0 Å². The van der Waals surface area contributed by atoms with E-state index in [2.05, 4.69) is 17.0 Å². The van der Waals surface area contributed by atoms with Crippen LogP contribution in [-0.4, -0.2) is 12.9 Å². The van der Waals surface area contributed by atoms with Crippen molar-refractivity contribution in [3.8, 4) is 5.75 Å². The van der Waals surface area contributed by atoms with Crippen LogP contribution in [-0.2, 0) is 0 Å². The lowest BCUT2D eigenvalue weighted by Crippen LogP contribution is -2.38. The van der Waals surface area contributed by atoms with E-state index in [0.717, 1.165) is 12.1 Å². The minimum Gasteiger partial charge on any atom is -0.406 e. The van der Waals surface area contributed by atoms with E-state index in [-0.39, 0.29) is 11.8 Å².